The van der Waals surface area contributed by atoms with Crippen LogP contribution in [-0.4, -0.2) is 37.4 Å². The van der Waals surface area contributed by atoms with Crippen LogP contribution < -0.4 is 10.1 Å². The lowest BCUT2D eigenvalue weighted by Gasteiger charge is -2.13. The maximum absolute atomic E-state index is 11.8. The average Bonchev–Trinajstić information content (AvgIpc) is 2.69. The van der Waals surface area contributed by atoms with E-state index < -0.39 is 5.97 Å². The van der Waals surface area contributed by atoms with Gasteiger partial charge in [-0.2, -0.15) is 0 Å². The summed E-state index contributed by atoms with van der Waals surface area (Å²) in [6, 6.07) is 17.5. The molecule has 0 aromatic heterocycles. The highest BCUT2D eigenvalue weighted by molar-refractivity contribution is 7.99. The first-order valence-corrected chi connectivity index (χ1v) is 9.86. The molecule has 5 nitrogen and oxygen atoms in total. The molecule has 2 aromatic rings. The smallest absolute Gasteiger partial charge is 0.344 e. The maximum atomic E-state index is 11.8. The first kappa shape index (κ1) is 20.8. The van der Waals surface area contributed by atoms with E-state index in [2.05, 4.69) is 19.2 Å². The van der Waals surface area contributed by atoms with Gasteiger partial charge >= 0.3 is 5.97 Å². The zero-order chi connectivity index (χ0) is 19.5. The van der Waals surface area contributed by atoms with Gasteiger partial charge in [0.2, 0.25) is 0 Å². The summed E-state index contributed by atoms with van der Waals surface area (Å²) in [4.78, 5) is 24.7. The molecule has 2 aromatic carbocycles. The molecule has 6 heteroatoms. The third-order valence-electron chi connectivity index (χ3n) is 3.69. The van der Waals surface area contributed by atoms with Gasteiger partial charge in [-0.05, 0) is 29.7 Å². The van der Waals surface area contributed by atoms with Gasteiger partial charge in [-0.25, -0.2) is 4.79 Å². The summed E-state index contributed by atoms with van der Waals surface area (Å²) < 4.78 is 10.5. The average molecular weight is 388 g/mol. The van der Waals surface area contributed by atoms with E-state index in [0.717, 1.165) is 16.2 Å². The molecular weight excluding hydrogens is 362 g/mol. The fourth-order valence-corrected chi connectivity index (χ4v) is 3.13. The van der Waals surface area contributed by atoms with Crippen LogP contribution in [0.1, 0.15) is 25.3 Å². The zero-order valence-electron chi connectivity index (χ0n) is 15.6. The molecule has 0 radical (unpaired) electrons. The number of hydrogen-bond donors (Lipinski definition) is 1. The number of esters is 1. The Bertz CT molecular complexity index is 734. The van der Waals surface area contributed by atoms with Crippen molar-refractivity contribution in [3.05, 3.63) is 60.2 Å². The lowest BCUT2D eigenvalue weighted by molar-refractivity contribution is -0.150. The molecule has 144 valence electrons. The van der Waals surface area contributed by atoms with Crippen molar-refractivity contribution < 1.29 is 19.1 Å². The summed E-state index contributed by atoms with van der Waals surface area (Å²) in [5, 5.41) is 2.73. The monoisotopic (exact) mass is 387 g/mol. The number of thioether (sulfide) groups is 1. The number of amides is 1. The number of para-hydroxylation sites is 1. The van der Waals surface area contributed by atoms with Gasteiger partial charge in [0.1, 0.15) is 5.75 Å². The molecule has 27 heavy (non-hydrogen) atoms. The second-order valence-corrected chi connectivity index (χ2v) is 7.32. The Morgan fingerprint density at radius 2 is 1.70 bits per heavy atom. The van der Waals surface area contributed by atoms with E-state index in [-0.39, 0.29) is 25.0 Å². The summed E-state index contributed by atoms with van der Waals surface area (Å²) in [5.41, 5.74) is 1.03. The molecule has 0 unspecified atom stereocenters. The SMILES string of the molecule is CC(C)c1ccccc1OCC(=O)OCC(=O)NCCSc1ccccc1. The van der Waals surface area contributed by atoms with Crippen molar-refractivity contribution in [2.24, 2.45) is 0 Å². The van der Waals surface area contributed by atoms with Crippen LogP contribution in [0, 0.1) is 0 Å². The lowest BCUT2D eigenvalue weighted by atomic mass is 10.0. The Balaban J connectivity index is 1.61. The Morgan fingerprint density at radius 3 is 2.44 bits per heavy atom. The minimum atomic E-state index is -0.567. The molecule has 0 saturated heterocycles. The Kier molecular flexibility index (Phi) is 8.71. The number of nitrogens with one attached hydrogen (secondary N) is 1. The minimum Gasteiger partial charge on any atom is -0.482 e. The highest BCUT2D eigenvalue weighted by Gasteiger charge is 2.11. The molecule has 0 bridgehead atoms. The normalized spacial score (nSPS) is 10.5. The van der Waals surface area contributed by atoms with Gasteiger partial charge in [0, 0.05) is 17.2 Å². The van der Waals surface area contributed by atoms with Gasteiger partial charge in [-0.3, -0.25) is 4.79 Å². The maximum Gasteiger partial charge on any atom is 0.344 e. The molecule has 0 saturated carbocycles. The predicted molar refractivity (Wildman–Crippen MR) is 107 cm³/mol. The van der Waals surface area contributed by atoms with E-state index >= 15 is 0 Å². The number of hydrogen-bond acceptors (Lipinski definition) is 5. The zero-order valence-corrected chi connectivity index (χ0v) is 16.5. The summed E-state index contributed by atoms with van der Waals surface area (Å²) in [6.45, 7) is 4.10. The van der Waals surface area contributed by atoms with Crippen molar-refractivity contribution in [1.29, 1.82) is 0 Å². The van der Waals surface area contributed by atoms with Gasteiger partial charge in [0.25, 0.3) is 5.91 Å². The summed E-state index contributed by atoms with van der Waals surface area (Å²) in [5.74, 6) is 0.810. The molecule has 0 heterocycles. The lowest BCUT2D eigenvalue weighted by Crippen LogP contribution is -2.31. The third kappa shape index (κ3) is 7.74. The van der Waals surface area contributed by atoms with E-state index in [1.807, 2.05) is 54.6 Å². The largest absolute Gasteiger partial charge is 0.482 e. The van der Waals surface area contributed by atoms with E-state index in [0.29, 0.717) is 12.3 Å². The molecule has 1 amide bonds. The molecule has 0 aliphatic carbocycles. The van der Waals surface area contributed by atoms with Crippen molar-refractivity contribution in [2.45, 2.75) is 24.7 Å². The number of benzene rings is 2. The molecule has 2 rings (SSSR count). The van der Waals surface area contributed by atoms with E-state index in [1.54, 1.807) is 11.8 Å². The fourth-order valence-electron chi connectivity index (χ4n) is 2.34. The van der Waals surface area contributed by atoms with Gasteiger partial charge in [0.05, 0.1) is 0 Å². The van der Waals surface area contributed by atoms with Crippen LogP contribution in [0.4, 0.5) is 0 Å². The van der Waals surface area contributed by atoms with Crippen molar-refractivity contribution in [1.82, 2.24) is 5.32 Å². The van der Waals surface area contributed by atoms with E-state index in [1.165, 1.54) is 0 Å². The van der Waals surface area contributed by atoms with Crippen molar-refractivity contribution in [3.8, 4) is 5.75 Å². The number of carbonyl (C=O) groups is 2. The Morgan fingerprint density at radius 1 is 1.00 bits per heavy atom. The summed E-state index contributed by atoms with van der Waals surface area (Å²) in [6.07, 6.45) is 0. The fraction of sp³-hybridized carbons (Fsp3) is 0.333. The highest BCUT2D eigenvalue weighted by Crippen LogP contribution is 2.25. The van der Waals surface area contributed by atoms with Crippen LogP contribution >= 0.6 is 11.8 Å². The second-order valence-electron chi connectivity index (χ2n) is 6.15. The third-order valence-corrected chi connectivity index (χ3v) is 4.70. The molecule has 1 N–H and O–H groups in total. The van der Waals surface area contributed by atoms with Crippen molar-refractivity contribution >= 4 is 23.6 Å². The Hall–Kier alpha value is -2.47. The number of rotatable bonds is 10. The number of ether oxygens (including phenoxy) is 2. The Labute approximate surface area is 164 Å². The van der Waals surface area contributed by atoms with Crippen LogP contribution in [0.15, 0.2) is 59.5 Å². The van der Waals surface area contributed by atoms with Crippen LogP contribution in [0.5, 0.6) is 5.75 Å². The molecule has 0 atom stereocenters. The van der Waals surface area contributed by atoms with Gasteiger partial charge in [-0.15, -0.1) is 11.8 Å². The van der Waals surface area contributed by atoms with Crippen LogP contribution in [0.25, 0.3) is 0 Å². The molecule has 0 fully saturated rings. The van der Waals surface area contributed by atoms with Crippen LogP contribution in [0.3, 0.4) is 0 Å². The van der Waals surface area contributed by atoms with Gasteiger partial charge in [0.15, 0.2) is 13.2 Å². The molecule has 0 aliphatic rings. The highest BCUT2D eigenvalue weighted by atomic mass is 32.2. The first-order valence-electron chi connectivity index (χ1n) is 8.88. The van der Waals surface area contributed by atoms with Gasteiger partial charge in [-0.1, -0.05) is 50.2 Å². The predicted octanol–water partition coefficient (Wildman–Crippen LogP) is 3.64. The van der Waals surface area contributed by atoms with Gasteiger partial charge < -0.3 is 14.8 Å². The standard InChI is InChI=1S/C21H25NO4S/c1-16(2)18-10-6-7-11-19(18)25-15-21(24)26-14-20(23)22-12-13-27-17-8-4-3-5-9-17/h3-11,16H,12-15H2,1-2H3,(H,22,23). The van der Waals surface area contributed by atoms with E-state index in [9.17, 15) is 9.59 Å². The topological polar surface area (TPSA) is 64.6 Å². The molecule has 0 aliphatic heterocycles. The summed E-state index contributed by atoms with van der Waals surface area (Å²) >= 11 is 1.65. The second kappa shape index (κ2) is 11.3. The van der Waals surface area contributed by atoms with Crippen LogP contribution in [0.2, 0.25) is 0 Å². The van der Waals surface area contributed by atoms with E-state index in [4.69, 9.17) is 9.47 Å². The summed E-state index contributed by atoms with van der Waals surface area (Å²) in [7, 11) is 0. The van der Waals surface area contributed by atoms with Crippen molar-refractivity contribution in [3.63, 3.8) is 0 Å². The first-order chi connectivity index (χ1) is 13.1. The molecular formula is C21H25NO4S. The number of carbonyl (C=O) groups excluding carboxylic acids is 2. The minimum absolute atomic E-state index is 0.221. The molecule has 0 spiro atoms. The van der Waals surface area contributed by atoms with Crippen LogP contribution in [-0.2, 0) is 14.3 Å². The van der Waals surface area contributed by atoms with Crippen molar-refractivity contribution in [2.75, 3.05) is 25.5 Å². The quantitative estimate of drug-likeness (QED) is 0.383.